The zero-order valence-corrected chi connectivity index (χ0v) is 41.8. The van der Waals surface area contributed by atoms with Crippen LogP contribution < -0.4 is 4.40 Å². The number of hydrogen-bond acceptors (Lipinski definition) is 5. The van der Waals surface area contributed by atoms with Gasteiger partial charge < -0.3 is 8.98 Å². The topological polar surface area (TPSA) is 56.7 Å². The van der Waals surface area contributed by atoms with E-state index in [1.165, 1.54) is 18.2 Å². The number of furan rings is 1. The van der Waals surface area contributed by atoms with Crippen LogP contribution in [0, 0.1) is 37.1 Å². The van der Waals surface area contributed by atoms with Crippen molar-refractivity contribution < 1.29 is 35.8 Å². The molecule has 11 aromatic rings. The summed E-state index contributed by atoms with van der Waals surface area (Å²) >= 11 is -0.743. The number of nitrogens with zero attached hydrogens (tertiary/aromatic N) is 4. The van der Waals surface area contributed by atoms with Gasteiger partial charge in [-0.1, -0.05) is 47.3 Å². The molecule has 5 nitrogen and oxygen atoms in total. The predicted molar refractivity (Wildman–Crippen MR) is 265 cm³/mol. The van der Waals surface area contributed by atoms with E-state index in [4.69, 9.17) is 21.2 Å². The van der Waals surface area contributed by atoms with Crippen LogP contribution in [0.2, 0.25) is 17.3 Å². The van der Waals surface area contributed by atoms with Crippen molar-refractivity contribution in [3.63, 3.8) is 0 Å². The van der Waals surface area contributed by atoms with Gasteiger partial charge in [0.2, 0.25) is 0 Å². The van der Waals surface area contributed by atoms with Gasteiger partial charge in [0, 0.05) is 41.7 Å². The summed E-state index contributed by atoms with van der Waals surface area (Å²) in [5, 5.41) is 5.03. The molecule has 0 aliphatic heterocycles. The molecule has 0 saturated carbocycles. The first kappa shape index (κ1) is 37.8. The van der Waals surface area contributed by atoms with Gasteiger partial charge in [0.15, 0.2) is 5.58 Å². The molecule has 0 aliphatic rings. The Morgan fingerprint density at radius 2 is 1.67 bits per heavy atom. The van der Waals surface area contributed by atoms with Crippen molar-refractivity contribution >= 4 is 93.2 Å². The molecule has 0 bridgehead atoms. The normalized spacial score (nSPS) is 13.7. The zero-order chi connectivity index (χ0) is 48.1. The second-order valence-corrected chi connectivity index (χ2v) is 29.6. The number of thiophene rings is 1. The van der Waals surface area contributed by atoms with E-state index in [1.807, 2.05) is 81.6 Å². The van der Waals surface area contributed by atoms with Crippen LogP contribution in [0.3, 0.4) is 0 Å². The van der Waals surface area contributed by atoms with E-state index in [9.17, 15) is 4.39 Å². The molecule has 0 unspecified atom stereocenters. The second-order valence-electron chi connectivity index (χ2n) is 18.1. The van der Waals surface area contributed by atoms with Gasteiger partial charge in [0.05, 0.1) is 28.1 Å². The summed E-state index contributed by atoms with van der Waals surface area (Å²) in [6.07, 6.45) is 0.303. The van der Waals surface area contributed by atoms with E-state index in [0.717, 1.165) is 91.2 Å². The van der Waals surface area contributed by atoms with Gasteiger partial charge in [-0.3, -0.25) is 4.98 Å². The largest absolute Gasteiger partial charge is 0 e. The molecule has 0 atom stereocenters. The van der Waals surface area contributed by atoms with Crippen LogP contribution in [0.25, 0.3) is 92.5 Å². The minimum Gasteiger partial charge on any atom is 0 e. The Hall–Kier alpha value is -5.51. The quantitative estimate of drug-likeness (QED) is 0.127. The fourth-order valence-electron chi connectivity index (χ4n) is 8.35. The SMILES string of the molecule is Cc1ccc(-n2c(-c3[c-]ccc4c3sc3nc5ccc(F)cc5cc34)nc3ccccc32)c2oc3ccccc3c12.[2H]C([2H])([2H])c1c[c-]c(-c2cc(C([2H])([2H])C(C)(C)C)[c]([Ge]([CH3])([CH3])[CH3])cn2)cc1.[Ir]. The first-order valence-electron chi connectivity index (χ1n) is 23.4. The average molecular weight is 1100 g/mol. The Morgan fingerprint density at radius 3 is 2.45 bits per heavy atom. The summed E-state index contributed by atoms with van der Waals surface area (Å²) in [6, 6.07) is 44.4. The summed E-state index contributed by atoms with van der Waals surface area (Å²) in [4.78, 5) is 15.5. The first-order chi connectivity index (χ1) is 32.2. The standard InChI is InChI=1S/C35H19FN3OS.C20H28GeN.Ir/c1-19-13-16-29(32-31(19)23-7-2-5-12-30(23)40-32)39-28-11-4-3-10-27(28)37-34(39)24-9-6-8-22-25-18-20-17-21(36)14-15-26(20)38-35(25)41-33(22)24;1-15-8-10-16(11-9-15)19-12-17(13-20(2,3)4)18(14-22-19)21(5,6)7;/h2-8,10-18H,1H3;8-10,12,14H,13H2,1-7H3;/q2*-1;/i;1D3,13D2;. The number of benzene rings is 6. The number of aryl methyl sites for hydroxylation is 2. The summed E-state index contributed by atoms with van der Waals surface area (Å²) in [6.45, 7) is 5.67. The van der Waals surface area contributed by atoms with Crippen LogP contribution in [0.1, 0.15) is 44.3 Å². The molecule has 321 valence electrons. The van der Waals surface area contributed by atoms with Crippen LogP contribution in [0.5, 0.6) is 0 Å². The van der Waals surface area contributed by atoms with Crippen molar-refractivity contribution in [1.82, 2.24) is 19.5 Å². The molecule has 5 heterocycles. The molecule has 11 rings (SSSR count). The first-order valence-corrected chi connectivity index (χ1v) is 29.1. The molecule has 0 amide bonds. The molecule has 5 aromatic heterocycles. The van der Waals surface area contributed by atoms with E-state index in [2.05, 4.69) is 76.2 Å². The Kier molecular flexibility index (Phi) is 9.93. The minimum absolute atomic E-state index is 0. The maximum absolute atomic E-state index is 14.0. The third-order valence-electron chi connectivity index (χ3n) is 11.2. The van der Waals surface area contributed by atoms with Gasteiger partial charge in [-0.05, 0) is 65.7 Å². The molecule has 6 aromatic carbocycles. The number of halogens is 1. The number of para-hydroxylation sites is 3. The van der Waals surface area contributed by atoms with E-state index < -0.39 is 31.9 Å². The molecule has 0 N–H and O–H groups in total. The van der Waals surface area contributed by atoms with Gasteiger partial charge >= 0.3 is 145 Å². The number of aromatic nitrogens is 4. The number of imidazole rings is 1. The third-order valence-corrected chi connectivity index (χ3v) is 16.6. The van der Waals surface area contributed by atoms with Crippen LogP contribution in [-0.2, 0) is 26.5 Å². The summed E-state index contributed by atoms with van der Waals surface area (Å²) in [7, 11) is 0. The summed E-state index contributed by atoms with van der Waals surface area (Å²) in [5.41, 5.74) is 8.96. The minimum atomic E-state index is -2.36. The monoisotopic (exact) mass is 1100 g/mol. The average Bonchev–Trinajstić information content (AvgIpc) is 3.99. The molecular formula is C55H47FGeIrN4OS-2. The maximum Gasteiger partial charge on any atom is 0 e. The van der Waals surface area contributed by atoms with Gasteiger partial charge in [0.1, 0.15) is 16.2 Å². The number of rotatable bonds is 5. The van der Waals surface area contributed by atoms with Gasteiger partial charge in [0.25, 0.3) is 0 Å². The fraction of sp³-hybridized carbons (Fsp3) is 0.182. The number of hydrogen-bond donors (Lipinski definition) is 0. The fourth-order valence-corrected chi connectivity index (χ4v) is 12.4. The van der Waals surface area contributed by atoms with Crippen molar-refractivity contribution in [3.05, 3.63) is 162 Å². The van der Waals surface area contributed by atoms with E-state index in [1.54, 1.807) is 29.5 Å². The van der Waals surface area contributed by atoms with Crippen LogP contribution >= 0.6 is 11.3 Å². The molecule has 0 spiro atoms. The van der Waals surface area contributed by atoms with Gasteiger partial charge in [-0.2, -0.15) is 11.3 Å². The second kappa shape index (κ2) is 16.8. The van der Waals surface area contributed by atoms with E-state index >= 15 is 0 Å². The molecule has 64 heavy (non-hydrogen) atoms. The van der Waals surface area contributed by atoms with Crippen LogP contribution in [0.15, 0.2) is 132 Å². The van der Waals surface area contributed by atoms with Crippen molar-refractivity contribution in [2.45, 2.75) is 58.2 Å². The number of fused-ring (bicyclic) bond motifs is 8. The van der Waals surface area contributed by atoms with Crippen LogP contribution in [0.4, 0.5) is 4.39 Å². The van der Waals surface area contributed by atoms with Gasteiger partial charge in [-0.25, -0.2) is 9.37 Å². The van der Waals surface area contributed by atoms with E-state index in [-0.39, 0.29) is 31.5 Å². The van der Waals surface area contributed by atoms with Crippen molar-refractivity contribution in [3.8, 4) is 28.3 Å². The van der Waals surface area contributed by atoms with Crippen molar-refractivity contribution in [2.24, 2.45) is 5.41 Å². The molecular weight excluding hydrogens is 1050 g/mol. The van der Waals surface area contributed by atoms with Crippen molar-refractivity contribution in [2.75, 3.05) is 0 Å². The summed E-state index contributed by atoms with van der Waals surface area (Å²) in [5.74, 6) is 7.21. The molecule has 0 saturated heterocycles. The molecule has 0 fully saturated rings. The Labute approximate surface area is 400 Å². The molecule has 1 radical (unpaired) electrons. The zero-order valence-electron chi connectivity index (χ0n) is 41.4. The van der Waals surface area contributed by atoms with E-state index in [0.29, 0.717) is 16.8 Å². The molecule has 0 aliphatic carbocycles. The van der Waals surface area contributed by atoms with Crippen LogP contribution in [-0.4, -0.2) is 32.8 Å². The number of pyridine rings is 2. The summed E-state index contributed by atoms with van der Waals surface area (Å²) < 4.78 is 64.9. The smallest absolute Gasteiger partial charge is 0 e. The Morgan fingerprint density at radius 1 is 0.859 bits per heavy atom. The van der Waals surface area contributed by atoms with Crippen molar-refractivity contribution in [1.29, 1.82) is 0 Å². The van der Waals surface area contributed by atoms with Gasteiger partial charge in [-0.15, -0.1) is 18.2 Å². The Bertz CT molecular complexity index is 3780. The predicted octanol–water partition coefficient (Wildman–Crippen LogP) is 14.7. The molecule has 9 heteroatoms. The third kappa shape index (κ3) is 8.11. The Balaban J connectivity index is 0.000000186. The maximum atomic E-state index is 14.0.